The first kappa shape index (κ1) is 27.3. The minimum Gasteiger partial charge on any atom is -0.352 e. The predicted octanol–water partition coefficient (Wildman–Crippen LogP) is 3.54. The molecule has 0 aliphatic rings. The van der Waals surface area contributed by atoms with Crippen molar-refractivity contribution in [1.82, 2.24) is 10.2 Å². The minimum absolute atomic E-state index is 0.108. The van der Waals surface area contributed by atoms with Gasteiger partial charge in [0.1, 0.15) is 18.4 Å². The molecule has 0 bridgehead atoms. The Morgan fingerprint density at radius 3 is 2.26 bits per heavy atom. The average molecular weight is 492 g/mol. The Balaban J connectivity index is 2.42. The van der Waals surface area contributed by atoms with Crippen molar-refractivity contribution in [2.45, 2.75) is 59.7 Å². The number of aryl methyl sites for hydroxylation is 2. The molecular weight excluding hydrogens is 457 g/mol. The Hall–Kier alpha value is -2.94. The second-order valence-electron chi connectivity index (χ2n) is 8.65. The summed E-state index contributed by atoms with van der Waals surface area (Å²) in [5.41, 5.74) is 2.45. The number of benzene rings is 2. The lowest BCUT2D eigenvalue weighted by molar-refractivity contribution is -0.139. The highest BCUT2D eigenvalue weighted by molar-refractivity contribution is 7.92. The first-order valence-corrected chi connectivity index (χ1v) is 13.1. The summed E-state index contributed by atoms with van der Waals surface area (Å²) in [6.07, 6.45) is 1.73. The smallest absolute Gasteiger partial charge is 0.244 e. The third-order valence-electron chi connectivity index (χ3n) is 5.92. The highest BCUT2D eigenvalue weighted by Gasteiger charge is 2.31. The van der Waals surface area contributed by atoms with Gasteiger partial charge in [-0.1, -0.05) is 31.2 Å². The van der Waals surface area contributed by atoms with Crippen molar-refractivity contribution in [3.8, 4) is 0 Å². The summed E-state index contributed by atoms with van der Waals surface area (Å²) in [4.78, 5) is 27.5. The topological polar surface area (TPSA) is 86.8 Å². The first-order valence-electron chi connectivity index (χ1n) is 11.2. The van der Waals surface area contributed by atoms with Gasteiger partial charge in [-0.25, -0.2) is 12.8 Å². The summed E-state index contributed by atoms with van der Waals surface area (Å²) in [7, 11) is -3.81. The van der Waals surface area contributed by atoms with Crippen LogP contribution in [0.2, 0.25) is 0 Å². The molecule has 0 aromatic heterocycles. The molecule has 0 saturated heterocycles. The number of hydrogen-bond acceptors (Lipinski definition) is 4. The molecule has 1 N–H and O–H groups in total. The molecule has 2 aromatic carbocycles. The van der Waals surface area contributed by atoms with Crippen LogP contribution in [0.1, 0.15) is 43.9 Å². The van der Waals surface area contributed by atoms with E-state index in [0.717, 1.165) is 21.7 Å². The van der Waals surface area contributed by atoms with Crippen LogP contribution in [-0.4, -0.2) is 50.0 Å². The Morgan fingerprint density at radius 2 is 1.71 bits per heavy atom. The van der Waals surface area contributed by atoms with Gasteiger partial charge < -0.3 is 10.2 Å². The van der Waals surface area contributed by atoms with Gasteiger partial charge in [0, 0.05) is 18.2 Å². The molecule has 7 nitrogen and oxygen atoms in total. The molecule has 0 spiro atoms. The number of nitrogens with one attached hydrogen (secondary N) is 1. The fourth-order valence-corrected chi connectivity index (χ4v) is 4.19. The Labute approximate surface area is 202 Å². The molecule has 9 heteroatoms. The van der Waals surface area contributed by atoms with Crippen LogP contribution < -0.4 is 9.62 Å². The second kappa shape index (κ2) is 11.5. The molecule has 0 radical (unpaired) electrons. The lowest BCUT2D eigenvalue weighted by Crippen LogP contribution is -2.52. The molecule has 2 aromatic rings. The molecule has 2 rings (SSSR count). The number of hydrogen-bond donors (Lipinski definition) is 1. The van der Waals surface area contributed by atoms with Crippen LogP contribution in [0.15, 0.2) is 42.5 Å². The van der Waals surface area contributed by atoms with Gasteiger partial charge in [0.15, 0.2) is 0 Å². The third-order valence-corrected chi connectivity index (χ3v) is 7.07. The van der Waals surface area contributed by atoms with E-state index in [-0.39, 0.29) is 18.2 Å². The van der Waals surface area contributed by atoms with Crippen LogP contribution in [0, 0.1) is 19.7 Å². The van der Waals surface area contributed by atoms with Crippen molar-refractivity contribution in [3.05, 3.63) is 65.0 Å². The quantitative estimate of drug-likeness (QED) is 0.551. The van der Waals surface area contributed by atoms with Crippen LogP contribution in [0.5, 0.6) is 0 Å². The van der Waals surface area contributed by atoms with Crippen molar-refractivity contribution in [1.29, 1.82) is 0 Å². The number of rotatable bonds is 10. The van der Waals surface area contributed by atoms with Gasteiger partial charge in [0.05, 0.1) is 11.9 Å². The average Bonchev–Trinajstić information content (AvgIpc) is 2.77. The van der Waals surface area contributed by atoms with E-state index in [0.29, 0.717) is 12.1 Å². The number of carbonyl (C=O) groups excluding carboxylic acids is 2. The maximum atomic E-state index is 14.4. The fraction of sp³-hybridized carbons (Fsp3) is 0.440. The van der Waals surface area contributed by atoms with Gasteiger partial charge >= 0.3 is 0 Å². The third kappa shape index (κ3) is 7.03. The lowest BCUT2D eigenvalue weighted by Gasteiger charge is -2.32. The summed E-state index contributed by atoms with van der Waals surface area (Å²) < 4.78 is 40.6. The van der Waals surface area contributed by atoms with Gasteiger partial charge in [0.25, 0.3) is 0 Å². The monoisotopic (exact) mass is 491 g/mol. The maximum absolute atomic E-state index is 14.4. The highest BCUT2D eigenvalue weighted by Crippen LogP contribution is 2.22. The van der Waals surface area contributed by atoms with E-state index in [2.05, 4.69) is 5.32 Å². The molecule has 0 unspecified atom stereocenters. The molecule has 0 fully saturated rings. The zero-order valence-electron chi connectivity index (χ0n) is 20.6. The van der Waals surface area contributed by atoms with Crippen molar-refractivity contribution >= 4 is 27.5 Å². The van der Waals surface area contributed by atoms with Crippen LogP contribution in [0.25, 0.3) is 0 Å². The van der Waals surface area contributed by atoms with Crippen molar-refractivity contribution in [2.24, 2.45) is 0 Å². The second-order valence-corrected chi connectivity index (χ2v) is 10.6. The Bertz CT molecular complexity index is 1140. The Morgan fingerprint density at radius 1 is 1.06 bits per heavy atom. The summed E-state index contributed by atoms with van der Waals surface area (Å²) >= 11 is 0. The van der Waals surface area contributed by atoms with E-state index < -0.39 is 40.2 Å². The summed E-state index contributed by atoms with van der Waals surface area (Å²) in [5, 5.41) is 2.84. The first-order chi connectivity index (χ1) is 15.8. The van der Waals surface area contributed by atoms with Gasteiger partial charge in [-0.05, 0) is 63.4 Å². The van der Waals surface area contributed by atoms with Crippen LogP contribution in [-0.2, 0) is 26.2 Å². The van der Waals surface area contributed by atoms with Crippen LogP contribution >= 0.6 is 0 Å². The number of nitrogens with zero attached hydrogens (tertiary/aromatic N) is 2. The molecule has 0 heterocycles. The normalized spacial score (nSPS) is 13.1. The number of halogens is 1. The van der Waals surface area contributed by atoms with Gasteiger partial charge in [-0.15, -0.1) is 0 Å². The Kier molecular flexibility index (Phi) is 9.21. The van der Waals surface area contributed by atoms with Gasteiger partial charge in [-0.2, -0.15) is 0 Å². The van der Waals surface area contributed by atoms with E-state index in [1.54, 1.807) is 31.2 Å². The van der Waals surface area contributed by atoms with Crippen molar-refractivity contribution < 1.29 is 22.4 Å². The van der Waals surface area contributed by atoms with E-state index in [1.165, 1.54) is 23.1 Å². The van der Waals surface area contributed by atoms with E-state index >= 15 is 0 Å². The number of carbonyl (C=O) groups is 2. The van der Waals surface area contributed by atoms with Gasteiger partial charge in [-0.3, -0.25) is 13.9 Å². The molecule has 2 atom stereocenters. The van der Waals surface area contributed by atoms with Crippen LogP contribution in [0.4, 0.5) is 10.1 Å². The van der Waals surface area contributed by atoms with E-state index in [1.807, 2.05) is 27.7 Å². The van der Waals surface area contributed by atoms with E-state index in [4.69, 9.17) is 0 Å². The standard InChI is InChI=1S/C25H34FN3O4S/c1-7-19(4)27-25(31)20(5)28(15-21-10-8-9-11-23(21)26)24(30)16-29(34(6,32)33)22-13-12-17(2)18(3)14-22/h8-14,19-20H,7,15-16H2,1-6H3,(H,27,31)/t19-,20+/m0/s1. The molecule has 0 aliphatic heterocycles. The minimum atomic E-state index is -3.81. The molecule has 34 heavy (non-hydrogen) atoms. The molecule has 0 saturated carbocycles. The SMILES string of the molecule is CC[C@H](C)NC(=O)[C@@H](C)N(Cc1ccccc1F)C(=O)CN(c1ccc(C)c(C)c1)S(C)(=O)=O. The van der Waals surface area contributed by atoms with Crippen LogP contribution in [0.3, 0.4) is 0 Å². The highest BCUT2D eigenvalue weighted by atomic mass is 32.2. The zero-order valence-corrected chi connectivity index (χ0v) is 21.4. The molecular formula is C25H34FN3O4S. The number of amides is 2. The van der Waals surface area contributed by atoms with E-state index in [9.17, 15) is 22.4 Å². The fourth-order valence-electron chi connectivity index (χ4n) is 3.35. The van der Waals surface area contributed by atoms with Crippen molar-refractivity contribution in [3.63, 3.8) is 0 Å². The number of sulfonamides is 1. The molecule has 186 valence electrons. The largest absolute Gasteiger partial charge is 0.352 e. The van der Waals surface area contributed by atoms with Gasteiger partial charge in [0.2, 0.25) is 21.8 Å². The van der Waals surface area contributed by atoms with Crippen molar-refractivity contribution in [2.75, 3.05) is 17.1 Å². The zero-order chi connectivity index (χ0) is 25.6. The maximum Gasteiger partial charge on any atom is 0.244 e. The summed E-state index contributed by atoms with van der Waals surface area (Å²) in [6.45, 7) is 8.39. The molecule has 2 amide bonds. The summed E-state index contributed by atoms with van der Waals surface area (Å²) in [6, 6.07) is 10.1. The molecule has 0 aliphatic carbocycles. The lowest BCUT2D eigenvalue weighted by atomic mass is 10.1. The number of anilines is 1. The predicted molar refractivity (Wildman–Crippen MR) is 132 cm³/mol. The summed E-state index contributed by atoms with van der Waals surface area (Å²) in [5.74, 6) is -1.52.